The molecule has 0 bridgehead atoms. The van der Waals surface area contributed by atoms with E-state index in [1.807, 2.05) is 0 Å². The van der Waals surface area contributed by atoms with Crippen LogP contribution in [0.1, 0.15) is 96.0 Å². The van der Waals surface area contributed by atoms with Crippen LogP contribution in [0.15, 0.2) is 36.4 Å². The average molecular weight is 301 g/mol. The Bertz CT molecular complexity index is 350. The van der Waals surface area contributed by atoms with Crippen molar-refractivity contribution in [3.05, 3.63) is 42.0 Å². The molecule has 0 unspecified atom stereocenters. The molecule has 0 radical (unpaired) electrons. The minimum Gasteiger partial charge on any atom is -0.0839 e. The molecule has 0 aliphatic heterocycles. The summed E-state index contributed by atoms with van der Waals surface area (Å²) in [5, 5.41) is 0. The summed E-state index contributed by atoms with van der Waals surface area (Å²) in [4.78, 5) is 0. The van der Waals surface area contributed by atoms with Crippen molar-refractivity contribution in [3.8, 4) is 0 Å². The molecule has 0 heteroatoms. The molecular formula is C22H36. The SMILES string of the molecule is CCCCCCCCCCCCCCC=Cc1ccccc1. The number of allylic oxidation sites excluding steroid dienone is 1. The lowest BCUT2D eigenvalue weighted by atomic mass is 10.0. The molecule has 0 heterocycles. The van der Waals surface area contributed by atoms with Crippen LogP contribution in [0.25, 0.3) is 6.08 Å². The molecule has 0 spiro atoms. The van der Waals surface area contributed by atoms with Crippen molar-refractivity contribution in [1.29, 1.82) is 0 Å². The first kappa shape index (κ1) is 19.0. The maximum Gasteiger partial charge on any atom is -0.0260 e. The van der Waals surface area contributed by atoms with Crippen molar-refractivity contribution in [2.75, 3.05) is 0 Å². The third kappa shape index (κ3) is 11.6. The van der Waals surface area contributed by atoms with Crippen LogP contribution < -0.4 is 0 Å². The van der Waals surface area contributed by atoms with Crippen molar-refractivity contribution in [2.24, 2.45) is 0 Å². The molecule has 1 rings (SSSR count). The summed E-state index contributed by atoms with van der Waals surface area (Å²) < 4.78 is 0. The predicted molar refractivity (Wildman–Crippen MR) is 101 cm³/mol. The van der Waals surface area contributed by atoms with Gasteiger partial charge in [0.2, 0.25) is 0 Å². The van der Waals surface area contributed by atoms with E-state index in [1.54, 1.807) is 0 Å². The molecule has 124 valence electrons. The van der Waals surface area contributed by atoms with Gasteiger partial charge in [-0.3, -0.25) is 0 Å². The Morgan fingerprint density at radius 3 is 1.68 bits per heavy atom. The zero-order valence-corrected chi connectivity index (χ0v) is 14.7. The van der Waals surface area contributed by atoms with E-state index in [-0.39, 0.29) is 0 Å². The maximum absolute atomic E-state index is 2.33. The van der Waals surface area contributed by atoms with Crippen molar-refractivity contribution < 1.29 is 0 Å². The zero-order valence-electron chi connectivity index (χ0n) is 14.7. The second-order valence-corrected chi connectivity index (χ2v) is 6.49. The molecule has 0 fully saturated rings. The van der Waals surface area contributed by atoms with Crippen LogP contribution in [0, 0.1) is 0 Å². The van der Waals surface area contributed by atoms with Gasteiger partial charge in [-0.05, 0) is 18.4 Å². The number of benzene rings is 1. The van der Waals surface area contributed by atoms with Crippen molar-refractivity contribution >= 4 is 6.08 Å². The second-order valence-electron chi connectivity index (χ2n) is 6.49. The Hall–Kier alpha value is -1.04. The fourth-order valence-corrected chi connectivity index (χ4v) is 2.89. The summed E-state index contributed by atoms with van der Waals surface area (Å²) in [5.74, 6) is 0. The molecule has 0 N–H and O–H groups in total. The molecule has 0 atom stereocenters. The van der Waals surface area contributed by atoms with Crippen LogP contribution in [0.3, 0.4) is 0 Å². The van der Waals surface area contributed by atoms with E-state index in [2.05, 4.69) is 49.4 Å². The third-order valence-electron chi connectivity index (χ3n) is 4.33. The topological polar surface area (TPSA) is 0 Å². The van der Waals surface area contributed by atoms with Crippen molar-refractivity contribution in [1.82, 2.24) is 0 Å². The molecule has 0 saturated carbocycles. The molecule has 22 heavy (non-hydrogen) atoms. The predicted octanol–water partition coefficient (Wildman–Crippen LogP) is 7.79. The van der Waals surface area contributed by atoms with Gasteiger partial charge in [-0.25, -0.2) is 0 Å². The summed E-state index contributed by atoms with van der Waals surface area (Å²) in [6.45, 7) is 2.29. The highest BCUT2D eigenvalue weighted by Crippen LogP contribution is 2.12. The first-order valence-corrected chi connectivity index (χ1v) is 9.65. The highest BCUT2D eigenvalue weighted by molar-refractivity contribution is 5.48. The average Bonchev–Trinajstić information content (AvgIpc) is 2.56. The van der Waals surface area contributed by atoms with Crippen LogP contribution in [-0.2, 0) is 0 Å². The second kappa shape index (κ2) is 14.9. The molecule has 0 amide bonds. The third-order valence-corrected chi connectivity index (χ3v) is 4.33. The van der Waals surface area contributed by atoms with Crippen LogP contribution in [0.4, 0.5) is 0 Å². The van der Waals surface area contributed by atoms with E-state index in [0.29, 0.717) is 0 Å². The summed E-state index contributed by atoms with van der Waals surface area (Å²) in [6, 6.07) is 10.6. The fourth-order valence-electron chi connectivity index (χ4n) is 2.89. The van der Waals surface area contributed by atoms with Gasteiger partial charge in [-0.2, -0.15) is 0 Å². The molecule has 1 aromatic carbocycles. The number of hydrogen-bond acceptors (Lipinski definition) is 0. The fraction of sp³-hybridized carbons (Fsp3) is 0.636. The summed E-state index contributed by atoms with van der Waals surface area (Å²) in [5.41, 5.74) is 1.32. The number of unbranched alkanes of at least 4 members (excludes halogenated alkanes) is 12. The zero-order chi connectivity index (χ0) is 15.7. The van der Waals surface area contributed by atoms with Gasteiger partial charge in [0, 0.05) is 0 Å². The van der Waals surface area contributed by atoms with Gasteiger partial charge in [0.1, 0.15) is 0 Å². The first-order valence-electron chi connectivity index (χ1n) is 9.65. The van der Waals surface area contributed by atoms with Gasteiger partial charge in [-0.1, -0.05) is 120 Å². The number of hydrogen-bond donors (Lipinski definition) is 0. The van der Waals surface area contributed by atoms with E-state index in [9.17, 15) is 0 Å². The van der Waals surface area contributed by atoms with Gasteiger partial charge >= 0.3 is 0 Å². The summed E-state index contributed by atoms with van der Waals surface area (Å²) in [6.07, 6.45) is 23.0. The minimum absolute atomic E-state index is 1.23. The minimum atomic E-state index is 1.23. The highest BCUT2D eigenvalue weighted by atomic mass is 14.0. The Morgan fingerprint density at radius 2 is 1.14 bits per heavy atom. The Morgan fingerprint density at radius 1 is 0.636 bits per heavy atom. The smallest absolute Gasteiger partial charge is 0.0260 e. The maximum atomic E-state index is 2.33. The normalized spacial score (nSPS) is 11.3. The Balaban J connectivity index is 1.79. The molecule has 1 aromatic rings. The lowest BCUT2D eigenvalue weighted by Gasteiger charge is -2.02. The van der Waals surface area contributed by atoms with Gasteiger partial charge in [0.05, 0.1) is 0 Å². The van der Waals surface area contributed by atoms with Gasteiger partial charge < -0.3 is 0 Å². The highest BCUT2D eigenvalue weighted by Gasteiger charge is 1.93. The van der Waals surface area contributed by atoms with E-state index >= 15 is 0 Å². The van der Waals surface area contributed by atoms with Gasteiger partial charge in [-0.15, -0.1) is 0 Å². The van der Waals surface area contributed by atoms with E-state index in [4.69, 9.17) is 0 Å². The van der Waals surface area contributed by atoms with Crippen molar-refractivity contribution in [3.63, 3.8) is 0 Å². The number of rotatable bonds is 14. The molecule has 0 aliphatic carbocycles. The summed E-state index contributed by atoms with van der Waals surface area (Å²) in [7, 11) is 0. The first-order chi connectivity index (χ1) is 10.9. The van der Waals surface area contributed by atoms with E-state index < -0.39 is 0 Å². The molecular weight excluding hydrogens is 264 g/mol. The molecule has 0 aliphatic rings. The Labute approximate surface area is 139 Å². The quantitative estimate of drug-likeness (QED) is 0.307. The van der Waals surface area contributed by atoms with E-state index in [0.717, 1.165) is 0 Å². The van der Waals surface area contributed by atoms with Crippen LogP contribution in [-0.4, -0.2) is 0 Å². The van der Waals surface area contributed by atoms with Crippen LogP contribution in [0.2, 0.25) is 0 Å². The van der Waals surface area contributed by atoms with Gasteiger partial charge in [0.25, 0.3) is 0 Å². The Kier molecular flexibility index (Phi) is 12.9. The monoisotopic (exact) mass is 300 g/mol. The molecule has 0 nitrogen and oxygen atoms in total. The van der Waals surface area contributed by atoms with Crippen LogP contribution in [0.5, 0.6) is 0 Å². The lowest BCUT2D eigenvalue weighted by molar-refractivity contribution is 0.545. The summed E-state index contributed by atoms with van der Waals surface area (Å²) >= 11 is 0. The van der Waals surface area contributed by atoms with Crippen LogP contribution >= 0.6 is 0 Å². The largest absolute Gasteiger partial charge is 0.0839 e. The lowest BCUT2D eigenvalue weighted by Crippen LogP contribution is -1.82. The molecule has 0 aromatic heterocycles. The van der Waals surface area contributed by atoms with E-state index in [1.165, 1.54) is 89.0 Å². The van der Waals surface area contributed by atoms with Gasteiger partial charge in [0.15, 0.2) is 0 Å². The molecule has 0 saturated heterocycles. The van der Waals surface area contributed by atoms with Crippen molar-refractivity contribution in [2.45, 2.75) is 90.4 Å². The standard InChI is InChI=1S/C22H36/c1-2-3-4-5-6-7-8-9-10-11-12-13-14-16-19-22-20-17-15-18-21-22/h15-21H,2-14H2,1H3.